The fourth-order valence-electron chi connectivity index (χ4n) is 3.14. The van der Waals surface area contributed by atoms with E-state index in [0.29, 0.717) is 12.8 Å². The van der Waals surface area contributed by atoms with Gasteiger partial charge in [0.15, 0.2) is 9.84 Å². The Morgan fingerprint density at radius 2 is 1.90 bits per heavy atom. The lowest BCUT2D eigenvalue weighted by atomic mass is 9.84. The molecule has 0 radical (unpaired) electrons. The first-order valence-electron chi connectivity index (χ1n) is 7.30. The quantitative estimate of drug-likeness (QED) is 0.770. The molecule has 21 heavy (non-hydrogen) atoms. The highest BCUT2D eigenvalue weighted by Crippen LogP contribution is 2.25. The number of amides is 2. The number of urea groups is 1. The number of carbonyl (C=O) groups is 2. The zero-order valence-electron chi connectivity index (χ0n) is 12.1. The molecule has 8 heteroatoms. The molecule has 2 fully saturated rings. The van der Waals surface area contributed by atoms with Crippen LogP contribution in [0, 0.1) is 5.92 Å². The summed E-state index contributed by atoms with van der Waals surface area (Å²) < 4.78 is 23.0. The van der Waals surface area contributed by atoms with Crippen molar-refractivity contribution < 1.29 is 23.1 Å². The van der Waals surface area contributed by atoms with Gasteiger partial charge in [0.05, 0.1) is 17.4 Å². The fourth-order valence-corrected chi connectivity index (χ4v) is 4.70. The van der Waals surface area contributed by atoms with Crippen molar-refractivity contribution in [1.82, 2.24) is 10.2 Å². The first-order valence-corrected chi connectivity index (χ1v) is 9.12. The number of rotatable bonds is 2. The third kappa shape index (κ3) is 3.87. The summed E-state index contributed by atoms with van der Waals surface area (Å²) in [5.41, 5.74) is 0. The average Bonchev–Trinajstić information content (AvgIpc) is 2.37. The molecule has 7 nitrogen and oxygen atoms in total. The van der Waals surface area contributed by atoms with Gasteiger partial charge in [-0.25, -0.2) is 13.2 Å². The zero-order chi connectivity index (χ0) is 15.6. The van der Waals surface area contributed by atoms with Crippen LogP contribution in [0.1, 0.15) is 32.6 Å². The number of sulfone groups is 1. The van der Waals surface area contributed by atoms with Crippen LogP contribution in [0.3, 0.4) is 0 Å². The van der Waals surface area contributed by atoms with Crippen LogP contribution in [0.4, 0.5) is 4.79 Å². The standard InChI is InChI=1S/C13H22N2O5S/c1-9-8-21(19,20)7-6-15(9)13(18)14-11-5-3-2-4-10(11)12(16)17/h9-11H,2-8H2,1H3,(H,14,18)(H,16,17). The second kappa shape index (κ2) is 6.21. The molecule has 0 spiro atoms. The van der Waals surface area contributed by atoms with Gasteiger partial charge in [0, 0.05) is 18.6 Å². The number of nitrogens with one attached hydrogen (secondary N) is 1. The highest BCUT2D eigenvalue weighted by Gasteiger charge is 2.36. The number of carbonyl (C=O) groups excluding carboxylic acids is 1. The maximum Gasteiger partial charge on any atom is 0.317 e. The van der Waals surface area contributed by atoms with Crippen molar-refractivity contribution in [2.24, 2.45) is 5.92 Å². The molecule has 1 saturated heterocycles. The Bertz CT molecular complexity index is 519. The summed E-state index contributed by atoms with van der Waals surface area (Å²) in [6.07, 6.45) is 2.99. The lowest BCUT2D eigenvalue weighted by Crippen LogP contribution is -2.56. The first-order chi connectivity index (χ1) is 9.80. The minimum atomic E-state index is -3.07. The Labute approximate surface area is 124 Å². The maximum absolute atomic E-state index is 12.3. The number of nitrogens with zero attached hydrogens (tertiary/aromatic N) is 1. The predicted octanol–water partition coefficient (Wildman–Crippen LogP) is 0.458. The van der Waals surface area contributed by atoms with Crippen molar-refractivity contribution >= 4 is 21.8 Å². The first kappa shape index (κ1) is 16.1. The van der Waals surface area contributed by atoms with Gasteiger partial charge >= 0.3 is 12.0 Å². The van der Waals surface area contributed by atoms with Crippen molar-refractivity contribution in [3.05, 3.63) is 0 Å². The molecule has 1 saturated carbocycles. The van der Waals surface area contributed by atoms with Crippen LogP contribution < -0.4 is 5.32 Å². The molecule has 2 amide bonds. The van der Waals surface area contributed by atoms with Crippen molar-refractivity contribution in [2.45, 2.75) is 44.7 Å². The van der Waals surface area contributed by atoms with Crippen LogP contribution >= 0.6 is 0 Å². The minimum Gasteiger partial charge on any atom is -0.481 e. The summed E-state index contributed by atoms with van der Waals surface area (Å²) in [7, 11) is -3.07. The van der Waals surface area contributed by atoms with E-state index in [4.69, 9.17) is 0 Å². The Morgan fingerprint density at radius 1 is 1.24 bits per heavy atom. The van der Waals surface area contributed by atoms with Gasteiger partial charge in [0.25, 0.3) is 0 Å². The Kier molecular flexibility index (Phi) is 4.75. The molecule has 0 aromatic carbocycles. The molecular formula is C13H22N2O5S. The van der Waals surface area contributed by atoms with E-state index in [2.05, 4.69) is 5.32 Å². The normalized spacial score (nSPS) is 32.4. The molecule has 2 N–H and O–H groups in total. The summed E-state index contributed by atoms with van der Waals surface area (Å²) in [6, 6.07) is -1.10. The highest BCUT2D eigenvalue weighted by molar-refractivity contribution is 7.91. The summed E-state index contributed by atoms with van der Waals surface area (Å²) in [5, 5.41) is 12.0. The van der Waals surface area contributed by atoms with Gasteiger partial charge in [-0.2, -0.15) is 0 Å². The topological polar surface area (TPSA) is 104 Å². The second-order valence-electron chi connectivity index (χ2n) is 5.94. The number of hydrogen-bond donors (Lipinski definition) is 2. The average molecular weight is 318 g/mol. The fraction of sp³-hybridized carbons (Fsp3) is 0.846. The number of hydrogen-bond acceptors (Lipinski definition) is 4. The lowest BCUT2D eigenvalue weighted by molar-refractivity contribution is -0.143. The van der Waals surface area contributed by atoms with Crippen molar-refractivity contribution in [2.75, 3.05) is 18.1 Å². The van der Waals surface area contributed by atoms with Crippen molar-refractivity contribution in [3.8, 4) is 0 Å². The Morgan fingerprint density at radius 3 is 2.52 bits per heavy atom. The molecule has 1 aliphatic heterocycles. The highest BCUT2D eigenvalue weighted by atomic mass is 32.2. The monoisotopic (exact) mass is 318 g/mol. The molecule has 1 aliphatic carbocycles. The molecule has 0 aromatic heterocycles. The van der Waals surface area contributed by atoms with E-state index in [0.717, 1.165) is 12.8 Å². The summed E-state index contributed by atoms with van der Waals surface area (Å²) in [5.74, 6) is -1.49. The van der Waals surface area contributed by atoms with Gasteiger partial charge in [-0.3, -0.25) is 4.79 Å². The van der Waals surface area contributed by atoms with Crippen molar-refractivity contribution in [3.63, 3.8) is 0 Å². The summed E-state index contributed by atoms with van der Waals surface area (Å²) in [6.45, 7) is 1.87. The number of carboxylic acids is 1. The Balaban J connectivity index is 1.99. The summed E-state index contributed by atoms with van der Waals surface area (Å²) in [4.78, 5) is 25.0. The lowest BCUT2D eigenvalue weighted by Gasteiger charge is -2.36. The van der Waals surface area contributed by atoms with Crippen LogP contribution in [0.2, 0.25) is 0 Å². The van der Waals surface area contributed by atoms with Gasteiger partial charge < -0.3 is 15.3 Å². The van der Waals surface area contributed by atoms with Gasteiger partial charge in [0.1, 0.15) is 0 Å². The van der Waals surface area contributed by atoms with E-state index in [1.807, 2.05) is 0 Å². The third-order valence-electron chi connectivity index (χ3n) is 4.32. The SMILES string of the molecule is CC1CS(=O)(=O)CCN1C(=O)NC1CCCCC1C(=O)O. The molecular weight excluding hydrogens is 296 g/mol. The largest absolute Gasteiger partial charge is 0.481 e. The van der Waals surface area contributed by atoms with Gasteiger partial charge in [0.2, 0.25) is 0 Å². The van der Waals surface area contributed by atoms with E-state index < -0.39 is 21.7 Å². The van der Waals surface area contributed by atoms with E-state index in [1.165, 1.54) is 4.90 Å². The molecule has 2 rings (SSSR count). The van der Waals surface area contributed by atoms with Gasteiger partial charge in [-0.15, -0.1) is 0 Å². The molecule has 0 bridgehead atoms. The van der Waals surface area contributed by atoms with Crippen LogP contribution in [-0.2, 0) is 14.6 Å². The van der Waals surface area contributed by atoms with Gasteiger partial charge in [-0.1, -0.05) is 12.8 Å². The molecule has 0 aromatic rings. The predicted molar refractivity (Wildman–Crippen MR) is 76.7 cm³/mol. The molecule has 120 valence electrons. The molecule has 3 atom stereocenters. The molecule has 1 heterocycles. The zero-order valence-corrected chi connectivity index (χ0v) is 12.9. The van der Waals surface area contributed by atoms with Crippen LogP contribution in [0.5, 0.6) is 0 Å². The second-order valence-corrected chi connectivity index (χ2v) is 8.17. The number of aliphatic carboxylic acids is 1. The van der Waals surface area contributed by atoms with Gasteiger partial charge in [-0.05, 0) is 19.8 Å². The minimum absolute atomic E-state index is 0.0300. The maximum atomic E-state index is 12.3. The molecule has 3 unspecified atom stereocenters. The molecule has 2 aliphatic rings. The van der Waals surface area contributed by atoms with E-state index >= 15 is 0 Å². The third-order valence-corrected chi connectivity index (χ3v) is 6.12. The van der Waals surface area contributed by atoms with Crippen LogP contribution in [0.25, 0.3) is 0 Å². The Hall–Kier alpha value is -1.31. The van der Waals surface area contributed by atoms with E-state index in [1.54, 1.807) is 6.92 Å². The van der Waals surface area contributed by atoms with Crippen LogP contribution in [-0.4, -0.2) is 60.6 Å². The van der Waals surface area contributed by atoms with Crippen molar-refractivity contribution in [1.29, 1.82) is 0 Å². The smallest absolute Gasteiger partial charge is 0.317 e. The van der Waals surface area contributed by atoms with Crippen LogP contribution in [0.15, 0.2) is 0 Å². The summed E-state index contributed by atoms with van der Waals surface area (Å²) >= 11 is 0. The van der Waals surface area contributed by atoms with E-state index in [-0.39, 0.29) is 36.2 Å². The van der Waals surface area contributed by atoms with E-state index in [9.17, 15) is 23.1 Å². The number of carboxylic acid groups (broad SMARTS) is 1.